The molecule has 0 aromatic carbocycles. The highest BCUT2D eigenvalue weighted by Gasteiger charge is 2.36. The van der Waals surface area contributed by atoms with Crippen LogP contribution in [0.25, 0.3) is 0 Å². The Labute approximate surface area is 99.3 Å². The minimum atomic E-state index is 0.447. The Morgan fingerprint density at radius 1 is 1.31 bits per heavy atom. The monoisotopic (exact) mass is 226 g/mol. The highest BCUT2D eigenvalue weighted by molar-refractivity contribution is 4.88. The Hall–Kier alpha value is -0.120. The van der Waals surface area contributed by atoms with Crippen molar-refractivity contribution < 1.29 is 4.74 Å². The molecule has 0 bridgehead atoms. The van der Waals surface area contributed by atoms with Gasteiger partial charge in [0.05, 0.1) is 12.7 Å². The van der Waals surface area contributed by atoms with Gasteiger partial charge in [-0.25, -0.2) is 0 Å². The highest BCUT2D eigenvalue weighted by atomic mass is 16.5. The molecule has 0 aliphatic carbocycles. The average Bonchev–Trinajstić information content (AvgIpc) is 2.29. The summed E-state index contributed by atoms with van der Waals surface area (Å²) < 4.78 is 6.03. The van der Waals surface area contributed by atoms with Crippen molar-refractivity contribution in [3.8, 4) is 0 Å². The van der Waals surface area contributed by atoms with E-state index in [-0.39, 0.29) is 0 Å². The van der Waals surface area contributed by atoms with Gasteiger partial charge in [-0.1, -0.05) is 13.8 Å². The molecule has 2 heterocycles. The zero-order chi connectivity index (χ0) is 11.4. The lowest BCUT2D eigenvalue weighted by Gasteiger charge is -2.43. The van der Waals surface area contributed by atoms with Crippen LogP contribution in [0.2, 0.25) is 0 Å². The molecule has 1 spiro atoms. The summed E-state index contributed by atoms with van der Waals surface area (Å²) in [4.78, 5) is 0. The third-order valence-corrected chi connectivity index (χ3v) is 4.04. The van der Waals surface area contributed by atoms with E-state index in [1.165, 1.54) is 38.8 Å². The van der Waals surface area contributed by atoms with Gasteiger partial charge in [0.1, 0.15) is 0 Å². The predicted octanol–water partition coefficient (Wildman–Crippen LogP) is 1.53. The van der Waals surface area contributed by atoms with E-state index in [0.717, 1.165) is 13.2 Å². The molecule has 2 aliphatic rings. The standard InChI is InChI=1S/C13H26N2O/c1-11(2)15-9-12-3-4-13(10-16-12)5-7-14-8-6-13/h11-12,14-15H,3-10H2,1-2H3. The summed E-state index contributed by atoms with van der Waals surface area (Å²) in [5.41, 5.74) is 0.513. The summed E-state index contributed by atoms with van der Waals surface area (Å²) in [6.07, 6.45) is 5.65. The van der Waals surface area contributed by atoms with Crippen LogP contribution in [0.5, 0.6) is 0 Å². The molecule has 3 heteroatoms. The first-order chi connectivity index (χ1) is 7.70. The van der Waals surface area contributed by atoms with Gasteiger partial charge in [0.25, 0.3) is 0 Å². The Morgan fingerprint density at radius 2 is 2.06 bits per heavy atom. The van der Waals surface area contributed by atoms with Crippen LogP contribution in [0.3, 0.4) is 0 Å². The summed E-state index contributed by atoms with van der Waals surface area (Å²) >= 11 is 0. The average molecular weight is 226 g/mol. The van der Waals surface area contributed by atoms with Crippen molar-refractivity contribution in [1.82, 2.24) is 10.6 Å². The minimum absolute atomic E-state index is 0.447. The Balaban J connectivity index is 1.73. The van der Waals surface area contributed by atoms with Crippen LogP contribution >= 0.6 is 0 Å². The highest BCUT2D eigenvalue weighted by Crippen LogP contribution is 2.38. The molecule has 94 valence electrons. The van der Waals surface area contributed by atoms with E-state index in [9.17, 15) is 0 Å². The van der Waals surface area contributed by atoms with Crippen LogP contribution in [0.4, 0.5) is 0 Å². The molecule has 0 amide bonds. The molecule has 3 nitrogen and oxygen atoms in total. The number of hydrogen-bond donors (Lipinski definition) is 2. The second-order valence-electron chi connectivity index (χ2n) is 5.78. The molecule has 1 atom stereocenters. The van der Waals surface area contributed by atoms with E-state index in [2.05, 4.69) is 24.5 Å². The molecule has 0 saturated carbocycles. The first-order valence-corrected chi connectivity index (χ1v) is 6.76. The van der Waals surface area contributed by atoms with Crippen molar-refractivity contribution in [1.29, 1.82) is 0 Å². The quantitative estimate of drug-likeness (QED) is 0.766. The van der Waals surface area contributed by atoms with Gasteiger partial charge in [0.15, 0.2) is 0 Å². The molecule has 1 unspecified atom stereocenters. The molecule has 0 aromatic heterocycles. The molecule has 2 aliphatic heterocycles. The topological polar surface area (TPSA) is 33.3 Å². The van der Waals surface area contributed by atoms with E-state index in [1.807, 2.05) is 0 Å². The van der Waals surface area contributed by atoms with Crippen LogP contribution in [-0.2, 0) is 4.74 Å². The SMILES string of the molecule is CC(C)NCC1CCC2(CCNCC2)CO1. The van der Waals surface area contributed by atoms with Crippen LogP contribution < -0.4 is 10.6 Å². The van der Waals surface area contributed by atoms with Gasteiger partial charge >= 0.3 is 0 Å². The molecule has 2 saturated heterocycles. The number of piperidine rings is 1. The Morgan fingerprint density at radius 3 is 2.62 bits per heavy atom. The zero-order valence-corrected chi connectivity index (χ0v) is 10.7. The number of hydrogen-bond acceptors (Lipinski definition) is 3. The van der Waals surface area contributed by atoms with Crippen LogP contribution in [0.15, 0.2) is 0 Å². The smallest absolute Gasteiger partial charge is 0.0700 e. The minimum Gasteiger partial charge on any atom is -0.376 e. The maximum atomic E-state index is 6.03. The lowest BCUT2D eigenvalue weighted by molar-refractivity contribution is -0.0733. The fraction of sp³-hybridized carbons (Fsp3) is 1.00. The first kappa shape index (κ1) is 12.3. The van der Waals surface area contributed by atoms with Crippen LogP contribution in [-0.4, -0.2) is 38.4 Å². The van der Waals surface area contributed by atoms with E-state index in [4.69, 9.17) is 4.74 Å². The Kier molecular flexibility index (Phi) is 4.22. The number of rotatable bonds is 3. The zero-order valence-electron chi connectivity index (χ0n) is 10.7. The molecular formula is C13H26N2O. The molecule has 2 fully saturated rings. The second-order valence-corrected chi connectivity index (χ2v) is 5.78. The summed E-state index contributed by atoms with van der Waals surface area (Å²) in [5, 5.41) is 6.91. The van der Waals surface area contributed by atoms with Crippen molar-refractivity contribution in [3.05, 3.63) is 0 Å². The summed E-state index contributed by atoms with van der Waals surface area (Å²) in [7, 11) is 0. The Bertz CT molecular complexity index is 202. The fourth-order valence-electron chi connectivity index (χ4n) is 2.80. The predicted molar refractivity (Wildman–Crippen MR) is 66.6 cm³/mol. The van der Waals surface area contributed by atoms with E-state index in [1.54, 1.807) is 0 Å². The van der Waals surface area contributed by atoms with Gasteiger partial charge in [-0.2, -0.15) is 0 Å². The second kappa shape index (κ2) is 5.48. The molecule has 2 rings (SSSR count). The molecule has 16 heavy (non-hydrogen) atoms. The molecule has 2 N–H and O–H groups in total. The summed E-state index contributed by atoms with van der Waals surface area (Å²) in [6, 6.07) is 0.568. The van der Waals surface area contributed by atoms with Crippen molar-refractivity contribution >= 4 is 0 Å². The van der Waals surface area contributed by atoms with Crippen LogP contribution in [0.1, 0.15) is 39.5 Å². The van der Waals surface area contributed by atoms with Gasteiger partial charge in [-0.05, 0) is 44.2 Å². The van der Waals surface area contributed by atoms with Gasteiger partial charge < -0.3 is 15.4 Å². The van der Waals surface area contributed by atoms with Crippen molar-refractivity contribution in [2.45, 2.75) is 51.7 Å². The normalized spacial score (nSPS) is 29.8. The van der Waals surface area contributed by atoms with Crippen molar-refractivity contribution in [2.75, 3.05) is 26.2 Å². The third kappa shape index (κ3) is 3.19. The number of nitrogens with one attached hydrogen (secondary N) is 2. The van der Waals surface area contributed by atoms with Crippen LogP contribution in [0, 0.1) is 5.41 Å². The first-order valence-electron chi connectivity index (χ1n) is 6.76. The largest absolute Gasteiger partial charge is 0.376 e. The van der Waals surface area contributed by atoms with E-state index < -0.39 is 0 Å². The molecular weight excluding hydrogens is 200 g/mol. The van der Waals surface area contributed by atoms with Crippen molar-refractivity contribution in [3.63, 3.8) is 0 Å². The maximum absolute atomic E-state index is 6.03. The summed E-state index contributed by atoms with van der Waals surface area (Å²) in [6.45, 7) is 8.75. The summed E-state index contributed by atoms with van der Waals surface area (Å²) in [5.74, 6) is 0. The molecule has 0 radical (unpaired) electrons. The fourth-order valence-corrected chi connectivity index (χ4v) is 2.80. The maximum Gasteiger partial charge on any atom is 0.0700 e. The van der Waals surface area contributed by atoms with E-state index in [0.29, 0.717) is 17.6 Å². The lowest BCUT2D eigenvalue weighted by atomic mass is 9.74. The lowest BCUT2D eigenvalue weighted by Crippen LogP contribution is -2.46. The molecule has 0 aromatic rings. The van der Waals surface area contributed by atoms with Gasteiger partial charge in [-0.3, -0.25) is 0 Å². The van der Waals surface area contributed by atoms with Gasteiger partial charge in [0, 0.05) is 12.6 Å². The third-order valence-electron chi connectivity index (χ3n) is 4.04. The van der Waals surface area contributed by atoms with Crippen molar-refractivity contribution in [2.24, 2.45) is 5.41 Å². The van der Waals surface area contributed by atoms with Gasteiger partial charge in [-0.15, -0.1) is 0 Å². The number of ether oxygens (including phenoxy) is 1. The van der Waals surface area contributed by atoms with E-state index >= 15 is 0 Å². The van der Waals surface area contributed by atoms with Gasteiger partial charge in [0.2, 0.25) is 0 Å².